The number of esters is 1. The first-order valence-corrected chi connectivity index (χ1v) is 8.42. The lowest BCUT2D eigenvalue weighted by Gasteiger charge is -2.21. The van der Waals surface area contributed by atoms with Crippen LogP contribution in [0.15, 0.2) is 36.6 Å². The summed E-state index contributed by atoms with van der Waals surface area (Å²) in [6, 6.07) is 3.78. The number of hydrogen-bond acceptors (Lipinski definition) is 5. The number of alkyl halides is 2. The third kappa shape index (κ3) is 5.10. The molecule has 0 atom stereocenters. The quantitative estimate of drug-likeness (QED) is 0.437. The van der Waals surface area contributed by atoms with Gasteiger partial charge in [-0.25, -0.2) is 4.79 Å². The van der Waals surface area contributed by atoms with Gasteiger partial charge in [0.1, 0.15) is 0 Å². The smallest absolute Gasteiger partial charge is 0.395 e. The molecule has 0 saturated heterocycles. The molecular formula is C16H20F2O5S. The van der Waals surface area contributed by atoms with Gasteiger partial charge in [-0.05, 0) is 24.5 Å². The van der Waals surface area contributed by atoms with Gasteiger partial charge in [-0.3, -0.25) is 4.18 Å². The molecule has 0 heterocycles. The van der Waals surface area contributed by atoms with Crippen molar-refractivity contribution >= 4 is 16.1 Å². The van der Waals surface area contributed by atoms with Crippen LogP contribution < -0.4 is 0 Å². The molecule has 0 amide bonds. The average molecular weight is 362 g/mol. The molecule has 0 N–H and O–H groups in total. The number of hydrogen-bond donors (Lipinski definition) is 0. The summed E-state index contributed by atoms with van der Waals surface area (Å²) in [4.78, 5) is 11.6. The Hall–Kier alpha value is -1.80. The Kier molecular flexibility index (Phi) is 5.89. The monoisotopic (exact) mass is 362 g/mol. The maximum atomic E-state index is 14.2. The van der Waals surface area contributed by atoms with E-state index < -0.39 is 32.3 Å². The second-order valence-corrected chi connectivity index (χ2v) is 8.12. The van der Waals surface area contributed by atoms with E-state index in [1.165, 1.54) is 6.92 Å². The minimum absolute atomic E-state index is 0.00874. The molecule has 0 unspecified atom stereocenters. The van der Waals surface area contributed by atoms with E-state index in [4.69, 9.17) is 4.74 Å². The summed E-state index contributed by atoms with van der Waals surface area (Å²) < 4.78 is 61.2. The molecule has 5 nitrogen and oxygen atoms in total. The highest BCUT2D eigenvalue weighted by atomic mass is 32.2. The van der Waals surface area contributed by atoms with Crippen LogP contribution in [0.5, 0.6) is 0 Å². The molecule has 1 aromatic rings. The Morgan fingerprint density at radius 1 is 1.17 bits per heavy atom. The summed E-state index contributed by atoms with van der Waals surface area (Å²) in [6.45, 7) is 9.43. The van der Waals surface area contributed by atoms with Crippen LogP contribution in [0, 0.1) is 5.41 Å². The van der Waals surface area contributed by atoms with Crippen molar-refractivity contribution in [1.82, 2.24) is 0 Å². The van der Waals surface area contributed by atoms with Gasteiger partial charge in [-0.15, -0.1) is 0 Å². The first-order valence-electron chi connectivity index (χ1n) is 7.01. The number of allylic oxidation sites excluding steroid dienone is 1. The Labute approximate surface area is 140 Å². The SMILES string of the molecule is C=C(C)OC(=O)c1ccc(C(F)(F)S(=O)(=O)OCC(C)(C)C)cc1. The van der Waals surface area contributed by atoms with Crippen LogP contribution in [0.4, 0.5) is 8.78 Å². The Morgan fingerprint density at radius 2 is 1.67 bits per heavy atom. The summed E-state index contributed by atoms with van der Waals surface area (Å²) in [6.07, 6.45) is 0. The lowest BCUT2D eigenvalue weighted by molar-refractivity contribution is 0.0618. The third-order valence-corrected chi connectivity index (χ3v) is 3.98. The van der Waals surface area contributed by atoms with Gasteiger partial charge in [0.25, 0.3) is 0 Å². The number of rotatable bonds is 6. The van der Waals surface area contributed by atoms with Crippen LogP contribution in [0.1, 0.15) is 43.6 Å². The number of benzene rings is 1. The van der Waals surface area contributed by atoms with Gasteiger partial charge in [0.2, 0.25) is 0 Å². The standard InChI is InChI=1S/C16H20F2O5S/c1-11(2)23-14(19)12-6-8-13(9-7-12)16(17,18)24(20,21)22-10-15(3,4)5/h6-9H,1,10H2,2-5H3. The summed E-state index contributed by atoms with van der Waals surface area (Å²) in [5.41, 5.74) is -1.41. The molecule has 24 heavy (non-hydrogen) atoms. The van der Waals surface area contributed by atoms with E-state index in [9.17, 15) is 22.0 Å². The largest absolute Gasteiger partial charge is 0.428 e. The number of ether oxygens (including phenoxy) is 1. The maximum absolute atomic E-state index is 14.2. The average Bonchev–Trinajstić information content (AvgIpc) is 2.44. The molecule has 0 radical (unpaired) electrons. The lowest BCUT2D eigenvalue weighted by Crippen LogP contribution is -2.31. The minimum Gasteiger partial charge on any atom is -0.428 e. The van der Waals surface area contributed by atoms with Crippen molar-refractivity contribution in [1.29, 1.82) is 0 Å². The zero-order valence-electron chi connectivity index (χ0n) is 13.9. The summed E-state index contributed by atoms with van der Waals surface area (Å²) in [5.74, 6) is -0.628. The van der Waals surface area contributed by atoms with Crippen LogP contribution in [0.3, 0.4) is 0 Å². The Balaban J connectivity index is 3.02. The van der Waals surface area contributed by atoms with Crippen molar-refractivity contribution in [3.63, 3.8) is 0 Å². The van der Waals surface area contributed by atoms with E-state index in [0.717, 1.165) is 24.3 Å². The van der Waals surface area contributed by atoms with Crippen LogP contribution in [-0.4, -0.2) is 21.0 Å². The molecule has 0 aliphatic rings. The molecule has 0 saturated carbocycles. The van der Waals surface area contributed by atoms with Gasteiger partial charge in [0, 0.05) is 5.56 Å². The number of carbonyl (C=O) groups excluding carboxylic acids is 1. The summed E-state index contributed by atoms with van der Waals surface area (Å²) in [5, 5.41) is -4.24. The number of halogens is 2. The zero-order chi connectivity index (χ0) is 18.8. The van der Waals surface area contributed by atoms with E-state index in [1.54, 1.807) is 20.8 Å². The molecule has 0 spiro atoms. The van der Waals surface area contributed by atoms with Gasteiger partial charge in [0.05, 0.1) is 17.9 Å². The van der Waals surface area contributed by atoms with Crippen LogP contribution >= 0.6 is 0 Å². The van der Waals surface area contributed by atoms with Crippen LogP contribution in [-0.2, 0) is 24.3 Å². The molecule has 0 fully saturated rings. The molecule has 1 rings (SSSR count). The Morgan fingerprint density at radius 3 is 2.08 bits per heavy atom. The van der Waals surface area contributed by atoms with E-state index >= 15 is 0 Å². The van der Waals surface area contributed by atoms with Gasteiger partial charge in [-0.2, -0.15) is 17.2 Å². The van der Waals surface area contributed by atoms with Crippen LogP contribution in [0.2, 0.25) is 0 Å². The van der Waals surface area contributed by atoms with Crippen molar-refractivity contribution in [2.24, 2.45) is 5.41 Å². The highest BCUT2D eigenvalue weighted by molar-refractivity contribution is 7.87. The van der Waals surface area contributed by atoms with E-state index in [0.29, 0.717) is 0 Å². The zero-order valence-corrected chi connectivity index (χ0v) is 14.7. The minimum atomic E-state index is -5.16. The summed E-state index contributed by atoms with van der Waals surface area (Å²) in [7, 11) is -5.16. The fourth-order valence-electron chi connectivity index (χ4n) is 1.49. The summed E-state index contributed by atoms with van der Waals surface area (Å²) >= 11 is 0. The van der Waals surface area contributed by atoms with E-state index in [-0.39, 0.29) is 17.9 Å². The highest BCUT2D eigenvalue weighted by Gasteiger charge is 2.48. The second kappa shape index (κ2) is 6.98. The highest BCUT2D eigenvalue weighted by Crippen LogP contribution is 2.36. The molecule has 0 aromatic heterocycles. The van der Waals surface area contributed by atoms with Crippen molar-refractivity contribution in [3.8, 4) is 0 Å². The molecular weight excluding hydrogens is 342 g/mol. The molecule has 134 valence electrons. The first kappa shape index (κ1) is 20.2. The van der Waals surface area contributed by atoms with Gasteiger partial charge in [-0.1, -0.05) is 39.5 Å². The molecule has 0 bridgehead atoms. The molecule has 0 aliphatic carbocycles. The molecule has 1 aromatic carbocycles. The van der Waals surface area contributed by atoms with Crippen molar-refractivity contribution in [3.05, 3.63) is 47.7 Å². The third-order valence-electron chi connectivity index (χ3n) is 2.68. The van der Waals surface area contributed by atoms with Gasteiger partial charge >= 0.3 is 21.3 Å². The maximum Gasteiger partial charge on any atom is 0.395 e. The normalized spacial score (nSPS) is 12.8. The van der Waals surface area contributed by atoms with Gasteiger partial charge < -0.3 is 4.74 Å². The van der Waals surface area contributed by atoms with Gasteiger partial charge in [0.15, 0.2) is 0 Å². The Bertz CT molecular complexity index is 716. The predicted molar refractivity (Wildman–Crippen MR) is 84.9 cm³/mol. The fourth-order valence-corrected chi connectivity index (χ4v) is 2.57. The van der Waals surface area contributed by atoms with E-state index in [1.807, 2.05) is 0 Å². The predicted octanol–water partition coefficient (Wildman–Crippen LogP) is 3.82. The van der Waals surface area contributed by atoms with Crippen LogP contribution in [0.25, 0.3) is 0 Å². The second-order valence-electron chi connectivity index (χ2n) is 6.46. The van der Waals surface area contributed by atoms with Crippen molar-refractivity contribution < 1.29 is 30.9 Å². The molecule has 0 aliphatic heterocycles. The lowest BCUT2D eigenvalue weighted by atomic mass is 9.99. The fraction of sp³-hybridized carbons (Fsp3) is 0.438. The molecule has 8 heteroatoms. The van der Waals surface area contributed by atoms with Crippen molar-refractivity contribution in [2.75, 3.05) is 6.61 Å². The van der Waals surface area contributed by atoms with Crippen molar-refractivity contribution in [2.45, 2.75) is 32.9 Å². The van der Waals surface area contributed by atoms with E-state index in [2.05, 4.69) is 10.8 Å². The number of carbonyl (C=O) groups is 1. The topological polar surface area (TPSA) is 69.7 Å². The first-order chi connectivity index (χ1) is 10.8.